The van der Waals surface area contributed by atoms with E-state index in [1.54, 1.807) is 6.92 Å². The van der Waals surface area contributed by atoms with Crippen molar-refractivity contribution in [2.45, 2.75) is 32.4 Å². The summed E-state index contributed by atoms with van der Waals surface area (Å²) in [5.74, 6) is -0.506. The third-order valence-corrected chi connectivity index (χ3v) is 6.60. The summed E-state index contributed by atoms with van der Waals surface area (Å²) < 4.78 is 48.4. The maximum Gasteiger partial charge on any atom is 0.330 e. The number of ether oxygens (including phenoxy) is 1. The van der Waals surface area contributed by atoms with Crippen molar-refractivity contribution in [1.29, 1.82) is 0 Å². The van der Waals surface area contributed by atoms with E-state index in [1.807, 2.05) is 0 Å². The molecule has 1 aromatic carbocycles. The number of nitrogens with one attached hydrogen (secondary N) is 2. The van der Waals surface area contributed by atoms with Crippen molar-refractivity contribution in [2.75, 3.05) is 23.8 Å². The molecule has 1 aliphatic heterocycles. The Labute approximate surface area is 184 Å². The minimum Gasteiger partial charge on any atom is -0.490 e. The summed E-state index contributed by atoms with van der Waals surface area (Å²) in [6, 6.07) is 3.08. The number of anilines is 1. The van der Waals surface area contributed by atoms with E-state index in [2.05, 4.69) is 20.4 Å². The standard InChI is InChI=1S/C19H23FN6O5S/c1-12(14-4-5-15(20)16(8-14)31-11-13-2-3-13)23-32(29,30)7-6-25-9-17(22-24-25)26-10-18(27)21-19(26)28/h4-5,8-9,12-13,23H,2-3,6-7,10-11H2,1H3,(H,21,27,28)/t12-/m1/s1. The SMILES string of the molecule is C[C@@H](NS(=O)(=O)CCn1cc(N2CC(=O)NC2=O)nn1)c1ccc(F)c(OCC2CC2)c1. The molecule has 0 unspecified atom stereocenters. The largest absolute Gasteiger partial charge is 0.490 e. The van der Waals surface area contributed by atoms with Gasteiger partial charge in [0.15, 0.2) is 17.4 Å². The number of sulfonamides is 1. The summed E-state index contributed by atoms with van der Waals surface area (Å²) in [4.78, 5) is 24.1. The van der Waals surface area contributed by atoms with Gasteiger partial charge in [-0.3, -0.25) is 15.0 Å². The van der Waals surface area contributed by atoms with Gasteiger partial charge in [-0.25, -0.2) is 27.0 Å². The molecule has 3 amide bonds. The van der Waals surface area contributed by atoms with Gasteiger partial charge in [0.1, 0.15) is 6.54 Å². The van der Waals surface area contributed by atoms with E-state index < -0.39 is 33.8 Å². The number of aryl methyl sites for hydroxylation is 1. The number of benzene rings is 1. The highest BCUT2D eigenvalue weighted by Crippen LogP contribution is 2.31. The van der Waals surface area contributed by atoms with Gasteiger partial charge in [-0.1, -0.05) is 11.3 Å². The summed E-state index contributed by atoms with van der Waals surface area (Å²) >= 11 is 0. The number of aromatic nitrogens is 3. The number of carbonyl (C=O) groups is 2. The lowest BCUT2D eigenvalue weighted by Crippen LogP contribution is -2.31. The van der Waals surface area contributed by atoms with E-state index in [-0.39, 0.29) is 30.4 Å². The van der Waals surface area contributed by atoms with Crippen molar-refractivity contribution in [3.05, 3.63) is 35.8 Å². The molecule has 32 heavy (non-hydrogen) atoms. The van der Waals surface area contributed by atoms with Crippen LogP contribution < -0.4 is 19.7 Å². The lowest BCUT2D eigenvalue weighted by atomic mass is 10.1. The Bertz CT molecular complexity index is 1130. The fraction of sp³-hybridized carbons (Fsp3) is 0.474. The Morgan fingerprint density at radius 3 is 2.81 bits per heavy atom. The van der Waals surface area contributed by atoms with Crippen LogP contribution >= 0.6 is 0 Å². The van der Waals surface area contributed by atoms with Crippen molar-refractivity contribution in [3.63, 3.8) is 0 Å². The van der Waals surface area contributed by atoms with Gasteiger partial charge in [0, 0.05) is 6.04 Å². The van der Waals surface area contributed by atoms with Crippen LogP contribution in [-0.2, 0) is 21.4 Å². The van der Waals surface area contributed by atoms with Crippen LogP contribution in [0, 0.1) is 11.7 Å². The molecule has 11 nitrogen and oxygen atoms in total. The van der Waals surface area contributed by atoms with Crippen molar-refractivity contribution < 1.29 is 27.1 Å². The van der Waals surface area contributed by atoms with Gasteiger partial charge in [0.2, 0.25) is 15.9 Å². The van der Waals surface area contributed by atoms with Crippen LogP contribution in [-0.4, -0.2) is 54.3 Å². The number of imide groups is 1. The second-order valence-corrected chi connectivity index (χ2v) is 9.76. The maximum atomic E-state index is 14.0. The van der Waals surface area contributed by atoms with Crippen LogP contribution in [0.25, 0.3) is 0 Å². The van der Waals surface area contributed by atoms with Crippen LogP contribution in [0.1, 0.15) is 31.4 Å². The van der Waals surface area contributed by atoms with Crippen LogP contribution in [0.5, 0.6) is 5.75 Å². The molecule has 1 saturated heterocycles. The van der Waals surface area contributed by atoms with Crippen LogP contribution in [0.2, 0.25) is 0 Å². The molecular formula is C19H23FN6O5S. The van der Waals surface area contributed by atoms with E-state index >= 15 is 0 Å². The lowest BCUT2D eigenvalue weighted by molar-refractivity contribution is -0.117. The molecule has 1 aliphatic carbocycles. The average Bonchev–Trinajstić information content (AvgIpc) is 3.33. The second kappa shape index (κ2) is 8.82. The number of rotatable bonds is 10. The molecule has 4 rings (SSSR count). The van der Waals surface area contributed by atoms with E-state index in [4.69, 9.17) is 4.74 Å². The molecule has 1 atom stereocenters. The number of carbonyl (C=O) groups excluding carboxylic acids is 2. The van der Waals surface area contributed by atoms with Crippen molar-refractivity contribution in [2.24, 2.45) is 5.92 Å². The monoisotopic (exact) mass is 466 g/mol. The fourth-order valence-electron chi connectivity index (χ4n) is 3.15. The highest BCUT2D eigenvalue weighted by Gasteiger charge is 2.30. The van der Waals surface area contributed by atoms with E-state index in [0.29, 0.717) is 18.1 Å². The summed E-state index contributed by atoms with van der Waals surface area (Å²) in [6.45, 7) is 1.93. The predicted molar refractivity (Wildman–Crippen MR) is 111 cm³/mol. The Balaban J connectivity index is 1.33. The van der Waals surface area contributed by atoms with Crippen molar-refractivity contribution in [1.82, 2.24) is 25.0 Å². The molecule has 1 saturated carbocycles. The smallest absolute Gasteiger partial charge is 0.330 e. The Morgan fingerprint density at radius 1 is 1.34 bits per heavy atom. The minimum absolute atomic E-state index is 0.0162. The van der Waals surface area contributed by atoms with Crippen molar-refractivity contribution in [3.8, 4) is 5.75 Å². The first-order chi connectivity index (χ1) is 15.2. The van der Waals surface area contributed by atoms with Gasteiger partial charge < -0.3 is 4.74 Å². The van der Waals surface area contributed by atoms with E-state index in [0.717, 1.165) is 17.7 Å². The summed E-state index contributed by atoms with van der Waals surface area (Å²) in [6.07, 6.45) is 3.54. The van der Waals surface area contributed by atoms with Gasteiger partial charge in [-0.2, -0.15) is 0 Å². The zero-order valence-corrected chi connectivity index (χ0v) is 18.1. The van der Waals surface area contributed by atoms with Gasteiger partial charge in [0.25, 0.3) is 0 Å². The highest BCUT2D eigenvalue weighted by atomic mass is 32.2. The zero-order valence-electron chi connectivity index (χ0n) is 17.3. The molecular weight excluding hydrogens is 443 g/mol. The summed E-state index contributed by atoms with van der Waals surface area (Å²) in [5.41, 5.74) is 0.577. The quantitative estimate of drug-likeness (QED) is 0.498. The maximum absolute atomic E-state index is 14.0. The number of hydrogen-bond acceptors (Lipinski definition) is 7. The number of halogens is 1. The Morgan fingerprint density at radius 2 is 2.12 bits per heavy atom. The van der Waals surface area contributed by atoms with Gasteiger partial charge in [-0.05, 0) is 43.4 Å². The highest BCUT2D eigenvalue weighted by molar-refractivity contribution is 7.89. The third-order valence-electron chi connectivity index (χ3n) is 5.17. The molecule has 2 aromatic rings. The zero-order chi connectivity index (χ0) is 22.9. The molecule has 1 aromatic heterocycles. The molecule has 13 heteroatoms. The van der Waals surface area contributed by atoms with Crippen molar-refractivity contribution >= 4 is 27.8 Å². The molecule has 2 aliphatic rings. The van der Waals surface area contributed by atoms with E-state index in [1.165, 1.54) is 29.1 Å². The molecule has 2 fully saturated rings. The fourth-order valence-corrected chi connectivity index (χ4v) is 4.37. The van der Waals surface area contributed by atoms with Gasteiger partial charge >= 0.3 is 6.03 Å². The van der Waals surface area contributed by atoms with Crippen LogP contribution in [0.4, 0.5) is 15.0 Å². The van der Waals surface area contributed by atoms with Gasteiger partial charge in [-0.15, -0.1) is 5.10 Å². The van der Waals surface area contributed by atoms with Crippen LogP contribution in [0.3, 0.4) is 0 Å². The molecule has 0 spiro atoms. The van der Waals surface area contributed by atoms with Gasteiger partial charge in [0.05, 0.1) is 25.1 Å². The number of hydrogen-bond donors (Lipinski definition) is 2. The molecule has 2 N–H and O–H groups in total. The first-order valence-electron chi connectivity index (χ1n) is 10.1. The first-order valence-corrected chi connectivity index (χ1v) is 11.8. The molecule has 172 valence electrons. The van der Waals surface area contributed by atoms with Crippen LogP contribution in [0.15, 0.2) is 24.4 Å². The normalized spacial score (nSPS) is 17.5. The predicted octanol–water partition coefficient (Wildman–Crippen LogP) is 0.943. The second-order valence-electron chi connectivity index (χ2n) is 7.88. The molecule has 0 radical (unpaired) electrons. The number of amides is 3. The average molecular weight is 466 g/mol. The first kappa shape index (κ1) is 22.1. The summed E-state index contributed by atoms with van der Waals surface area (Å²) in [7, 11) is -3.72. The minimum atomic E-state index is -3.72. The topological polar surface area (TPSA) is 136 Å². The molecule has 2 heterocycles. The third kappa shape index (κ3) is 5.40. The van der Waals surface area contributed by atoms with E-state index in [9.17, 15) is 22.4 Å². The summed E-state index contributed by atoms with van der Waals surface area (Å²) in [5, 5.41) is 9.74. The Kier molecular flexibility index (Phi) is 6.11. The molecule has 0 bridgehead atoms. The number of urea groups is 1. The lowest BCUT2D eigenvalue weighted by Gasteiger charge is -2.16. The number of nitrogens with zero attached hydrogens (tertiary/aromatic N) is 4. The Hall–Kier alpha value is -3.06.